The number of sulfonamides is 1. The van der Waals surface area contributed by atoms with Gasteiger partial charge in [0, 0.05) is 19.6 Å². The van der Waals surface area contributed by atoms with Crippen molar-refractivity contribution in [3.8, 4) is 5.75 Å². The molecule has 4 rings (SSSR count). The van der Waals surface area contributed by atoms with Gasteiger partial charge in [0.15, 0.2) is 0 Å². The van der Waals surface area contributed by atoms with Crippen LogP contribution in [0.5, 0.6) is 5.75 Å². The van der Waals surface area contributed by atoms with Crippen LogP contribution in [0.1, 0.15) is 47.4 Å². The highest BCUT2D eigenvalue weighted by Crippen LogP contribution is 2.28. The van der Waals surface area contributed by atoms with E-state index in [0.717, 1.165) is 44.6 Å². The molecule has 0 saturated carbocycles. The number of rotatable bonds is 7. The van der Waals surface area contributed by atoms with E-state index in [1.165, 1.54) is 41.4 Å². The van der Waals surface area contributed by atoms with E-state index in [1.54, 1.807) is 4.31 Å². The Morgan fingerprint density at radius 2 is 1.62 bits per heavy atom. The highest BCUT2D eigenvalue weighted by Gasteiger charge is 2.22. The van der Waals surface area contributed by atoms with Gasteiger partial charge in [0.25, 0.3) is 0 Å². The number of aryl methyl sites for hydroxylation is 1. The fourth-order valence-corrected chi connectivity index (χ4v) is 5.76. The van der Waals surface area contributed by atoms with E-state index < -0.39 is 10.0 Å². The number of benzene rings is 2. The number of piperidine rings is 1. The van der Waals surface area contributed by atoms with Gasteiger partial charge in [0.2, 0.25) is 10.0 Å². The largest absolute Gasteiger partial charge is 0.494 e. The number of hydrogen-bond donors (Lipinski definition) is 0. The van der Waals surface area contributed by atoms with Gasteiger partial charge < -0.3 is 9.64 Å². The van der Waals surface area contributed by atoms with Crippen LogP contribution in [0.3, 0.4) is 0 Å². The van der Waals surface area contributed by atoms with Crippen molar-refractivity contribution in [2.45, 2.75) is 44.9 Å². The molecule has 1 fully saturated rings. The molecule has 2 aromatic rings. The molecule has 2 aromatic carbocycles. The molecule has 32 heavy (non-hydrogen) atoms. The van der Waals surface area contributed by atoms with E-state index in [4.69, 9.17) is 4.74 Å². The van der Waals surface area contributed by atoms with Crippen LogP contribution < -0.4 is 4.74 Å². The van der Waals surface area contributed by atoms with E-state index in [2.05, 4.69) is 48.2 Å². The standard InChI is InChI=1S/C26H36N2O3S/c1-21-4-6-22(7-5-21)24-10-15-27(16-11-24)14-3-19-31-26-9-8-23-12-17-28(32(2,29)30)18-13-25(23)20-26/h4-9,20,24H,3,10-19H2,1-2H3. The van der Waals surface area contributed by atoms with Crippen molar-refractivity contribution in [3.63, 3.8) is 0 Å². The Bertz CT molecular complexity index is 996. The van der Waals surface area contributed by atoms with Crippen LogP contribution in [-0.4, -0.2) is 63.2 Å². The maximum Gasteiger partial charge on any atom is 0.211 e. The van der Waals surface area contributed by atoms with E-state index in [0.29, 0.717) is 25.6 Å². The molecule has 0 N–H and O–H groups in total. The third-order valence-electron chi connectivity index (χ3n) is 6.93. The third-order valence-corrected chi connectivity index (χ3v) is 8.23. The van der Waals surface area contributed by atoms with Gasteiger partial charge in [-0.25, -0.2) is 12.7 Å². The first kappa shape index (κ1) is 23.3. The molecule has 174 valence electrons. The van der Waals surface area contributed by atoms with E-state index in [9.17, 15) is 8.42 Å². The summed E-state index contributed by atoms with van der Waals surface area (Å²) in [5.74, 6) is 1.59. The maximum atomic E-state index is 11.9. The molecule has 0 aliphatic carbocycles. The summed E-state index contributed by atoms with van der Waals surface area (Å²) in [4.78, 5) is 2.56. The lowest BCUT2D eigenvalue weighted by Gasteiger charge is -2.32. The van der Waals surface area contributed by atoms with Crippen LogP contribution in [0, 0.1) is 6.92 Å². The molecule has 0 radical (unpaired) electrons. The molecule has 0 amide bonds. The molecule has 0 unspecified atom stereocenters. The minimum atomic E-state index is -3.13. The van der Waals surface area contributed by atoms with Gasteiger partial charge in [-0.05, 0) is 86.9 Å². The monoisotopic (exact) mass is 456 g/mol. The topological polar surface area (TPSA) is 49.9 Å². The van der Waals surface area contributed by atoms with Crippen LogP contribution in [0.25, 0.3) is 0 Å². The minimum absolute atomic E-state index is 0.549. The molecular weight excluding hydrogens is 420 g/mol. The lowest BCUT2D eigenvalue weighted by molar-refractivity contribution is 0.193. The lowest BCUT2D eigenvalue weighted by atomic mass is 9.89. The zero-order valence-corrected chi connectivity index (χ0v) is 20.2. The molecule has 2 aliphatic heterocycles. The van der Waals surface area contributed by atoms with Gasteiger partial charge in [-0.3, -0.25) is 0 Å². The SMILES string of the molecule is Cc1ccc(C2CCN(CCCOc3ccc4c(c3)CCN(S(C)(=O)=O)CC4)CC2)cc1. The molecule has 1 saturated heterocycles. The van der Waals surface area contributed by atoms with E-state index in [1.807, 2.05) is 6.07 Å². The second kappa shape index (κ2) is 10.4. The fourth-order valence-electron chi connectivity index (χ4n) is 4.91. The van der Waals surface area contributed by atoms with Crippen LogP contribution in [0.15, 0.2) is 42.5 Å². The van der Waals surface area contributed by atoms with Crippen LogP contribution in [0.4, 0.5) is 0 Å². The van der Waals surface area contributed by atoms with E-state index in [-0.39, 0.29) is 0 Å². The zero-order chi connectivity index (χ0) is 22.6. The van der Waals surface area contributed by atoms with Crippen molar-refractivity contribution in [1.29, 1.82) is 0 Å². The molecular formula is C26H36N2O3S. The second-order valence-corrected chi connectivity index (χ2v) is 11.3. The first-order chi connectivity index (χ1) is 15.4. The summed E-state index contributed by atoms with van der Waals surface area (Å²) in [5.41, 5.74) is 5.27. The molecule has 0 aromatic heterocycles. The number of nitrogens with zero attached hydrogens (tertiary/aromatic N) is 2. The second-order valence-electron chi connectivity index (χ2n) is 9.32. The average molecular weight is 457 g/mol. The van der Waals surface area contributed by atoms with Gasteiger partial charge >= 0.3 is 0 Å². The Morgan fingerprint density at radius 1 is 0.938 bits per heavy atom. The smallest absolute Gasteiger partial charge is 0.211 e. The molecule has 2 heterocycles. The normalized spacial score (nSPS) is 18.8. The van der Waals surface area contributed by atoms with Crippen molar-refractivity contribution >= 4 is 10.0 Å². The predicted molar refractivity (Wildman–Crippen MR) is 130 cm³/mol. The van der Waals surface area contributed by atoms with E-state index >= 15 is 0 Å². The molecule has 5 nitrogen and oxygen atoms in total. The minimum Gasteiger partial charge on any atom is -0.494 e. The summed E-state index contributed by atoms with van der Waals surface area (Å²) in [5, 5.41) is 0. The number of likely N-dealkylation sites (tertiary alicyclic amines) is 1. The molecule has 0 bridgehead atoms. The van der Waals surface area contributed by atoms with Gasteiger partial charge in [0.05, 0.1) is 12.9 Å². The number of hydrogen-bond acceptors (Lipinski definition) is 4. The van der Waals surface area contributed by atoms with Crippen molar-refractivity contribution in [2.75, 3.05) is 45.6 Å². The third kappa shape index (κ3) is 6.12. The highest BCUT2D eigenvalue weighted by atomic mass is 32.2. The lowest BCUT2D eigenvalue weighted by Crippen LogP contribution is -2.34. The Balaban J connectivity index is 1.19. The highest BCUT2D eigenvalue weighted by molar-refractivity contribution is 7.88. The Kier molecular flexibility index (Phi) is 7.54. The quantitative estimate of drug-likeness (QED) is 0.591. The van der Waals surface area contributed by atoms with Gasteiger partial charge in [-0.15, -0.1) is 0 Å². The fraction of sp³-hybridized carbons (Fsp3) is 0.538. The molecule has 0 atom stereocenters. The Hall–Kier alpha value is -1.89. The van der Waals surface area contributed by atoms with Crippen molar-refractivity contribution in [2.24, 2.45) is 0 Å². The van der Waals surface area contributed by atoms with Gasteiger partial charge in [-0.1, -0.05) is 35.9 Å². The first-order valence-electron chi connectivity index (χ1n) is 11.9. The number of ether oxygens (including phenoxy) is 1. The number of fused-ring (bicyclic) bond motifs is 1. The van der Waals surface area contributed by atoms with Gasteiger partial charge in [-0.2, -0.15) is 0 Å². The Labute approximate surface area is 193 Å². The molecule has 6 heteroatoms. The summed E-state index contributed by atoms with van der Waals surface area (Å²) >= 11 is 0. The summed E-state index contributed by atoms with van der Waals surface area (Å²) in [6, 6.07) is 15.3. The molecule has 0 spiro atoms. The zero-order valence-electron chi connectivity index (χ0n) is 19.4. The maximum absolute atomic E-state index is 11.9. The Morgan fingerprint density at radius 3 is 2.31 bits per heavy atom. The van der Waals surface area contributed by atoms with Crippen LogP contribution in [0.2, 0.25) is 0 Å². The average Bonchev–Trinajstić information content (AvgIpc) is 3.00. The summed E-state index contributed by atoms with van der Waals surface area (Å²) in [6.45, 7) is 7.37. The van der Waals surface area contributed by atoms with Crippen molar-refractivity contribution in [3.05, 3.63) is 64.7 Å². The predicted octanol–water partition coefficient (Wildman–Crippen LogP) is 4.00. The molecule has 2 aliphatic rings. The van der Waals surface area contributed by atoms with Crippen LogP contribution in [-0.2, 0) is 22.9 Å². The van der Waals surface area contributed by atoms with Gasteiger partial charge in [0.1, 0.15) is 5.75 Å². The summed E-state index contributed by atoms with van der Waals surface area (Å²) in [7, 11) is -3.13. The van der Waals surface area contributed by atoms with Crippen molar-refractivity contribution < 1.29 is 13.2 Å². The summed E-state index contributed by atoms with van der Waals surface area (Å²) in [6.07, 6.45) is 6.30. The first-order valence-corrected chi connectivity index (χ1v) is 13.7. The summed E-state index contributed by atoms with van der Waals surface area (Å²) < 4.78 is 31.3. The van der Waals surface area contributed by atoms with Crippen molar-refractivity contribution in [1.82, 2.24) is 9.21 Å². The van der Waals surface area contributed by atoms with Crippen LogP contribution >= 0.6 is 0 Å².